The maximum Gasteiger partial charge on any atom is 0.0596 e. The molecular weight excluding hydrogens is 228 g/mol. The van der Waals surface area contributed by atoms with Crippen LogP contribution in [0, 0.1) is 13.8 Å². The lowest BCUT2D eigenvalue weighted by Gasteiger charge is -2.10. The summed E-state index contributed by atoms with van der Waals surface area (Å²) in [6.07, 6.45) is 1.17. The van der Waals surface area contributed by atoms with Crippen LogP contribution in [-0.4, -0.2) is 15.0 Å². The van der Waals surface area contributed by atoms with Crippen molar-refractivity contribution in [3.05, 3.63) is 47.3 Å². The molecule has 0 saturated heterocycles. The molecule has 0 spiro atoms. The SMILES string of the molecule is Cc1cc(C)n(CC2Cc3ccccc3S2)n1. The summed E-state index contributed by atoms with van der Waals surface area (Å²) in [4.78, 5) is 1.44. The fourth-order valence-electron chi connectivity index (χ4n) is 2.41. The Labute approximate surface area is 106 Å². The third-order valence-corrected chi connectivity index (χ3v) is 4.50. The zero-order valence-corrected chi connectivity index (χ0v) is 11.0. The van der Waals surface area contributed by atoms with Crippen LogP contribution in [0.5, 0.6) is 0 Å². The van der Waals surface area contributed by atoms with Gasteiger partial charge in [-0.25, -0.2) is 0 Å². The van der Waals surface area contributed by atoms with Gasteiger partial charge in [0.15, 0.2) is 0 Å². The van der Waals surface area contributed by atoms with Crippen LogP contribution in [0.15, 0.2) is 35.2 Å². The second kappa shape index (κ2) is 4.22. The summed E-state index contributed by atoms with van der Waals surface area (Å²) in [5.41, 5.74) is 3.87. The molecule has 88 valence electrons. The summed E-state index contributed by atoms with van der Waals surface area (Å²) in [5, 5.41) is 5.17. The van der Waals surface area contributed by atoms with E-state index >= 15 is 0 Å². The van der Waals surface area contributed by atoms with E-state index in [1.54, 1.807) is 0 Å². The second-order valence-corrected chi connectivity index (χ2v) is 6.00. The van der Waals surface area contributed by atoms with Crippen LogP contribution in [0.3, 0.4) is 0 Å². The molecule has 1 atom stereocenters. The van der Waals surface area contributed by atoms with E-state index in [2.05, 4.69) is 54.0 Å². The first kappa shape index (κ1) is 10.9. The first-order valence-electron chi connectivity index (χ1n) is 5.98. The Morgan fingerprint density at radius 3 is 2.88 bits per heavy atom. The largest absolute Gasteiger partial charge is 0.268 e. The van der Waals surface area contributed by atoms with E-state index < -0.39 is 0 Å². The van der Waals surface area contributed by atoms with E-state index in [1.165, 1.54) is 22.6 Å². The topological polar surface area (TPSA) is 17.8 Å². The van der Waals surface area contributed by atoms with E-state index in [-0.39, 0.29) is 0 Å². The Hall–Kier alpha value is -1.22. The van der Waals surface area contributed by atoms with Crippen molar-refractivity contribution in [2.24, 2.45) is 0 Å². The summed E-state index contributed by atoms with van der Waals surface area (Å²) >= 11 is 1.99. The minimum atomic E-state index is 0.630. The summed E-state index contributed by atoms with van der Waals surface area (Å²) < 4.78 is 2.14. The number of fused-ring (bicyclic) bond motifs is 1. The average Bonchev–Trinajstić information content (AvgIpc) is 2.82. The maximum atomic E-state index is 4.54. The third-order valence-electron chi connectivity index (χ3n) is 3.19. The number of benzene rings is 1. The van der Waals surface area contributed by atoms with E-state index in [0.29, 0.717) is 5.25 Å². The normalized spacial score (nSPS) is 18.4. The van der Waals surface area contributed by atoms with Crippen LogP contribution in [0.2, 0.25) is 0 Å². The van der Waals surface area contributed by atoms with Crippen molar-refractivity contribution in [2.75, 3.05) is 0 Å². The van der Waals surface area contributed by atoms with E-state index in [9.17, 15) is 0 Å². The molecule has 1 aromatic heterocycles. The molecule has 0 radical (unpaired) electrons. The van der Waals surface area contributed by atoms with Gasteiger partial charge >= 0.3 is 0 Å². The summed E-state index contributed by atoms with van der Waals surface area (Å²) in [7, 11) is 0. The molecule has 1 unspecified atom stereocenters. The van der Waals surface area contributed by atoms with Gasteiger partial charge in [0.2, 0.25) is 0 Å². The van der Waals surface area contributed by atoms with Crippen molar-refractivity contribution in [3.63, 3.8) is 0 Å². The van der Waals surface area contributed by atoms with Crippen molar-refractivity contribution < 1.29 is 0 Å². The van der Waals surface area contributed by atoms with Gasteiger partial charge in [0.25, 0.3) is 0 Å². The lowest BCUT2D eigenvalue weighted by Crippen LogP contribution is -2.14. The molecule has 0 bridgehead atoms. The fraction of sp³-hybridized carbons (Fsp3) is 0.357. The van der Waals surface area contributed by atoms with Gasteiger partial charge in [0, 0.05) is 15.8 Å². The number of hydrogen-bond acceptors (Lipinski definition) is 2. The Morgan fingerprint density at radius 2 is 2.18 bits per heavy atom. The average molecular weight is 244 g/mol. The molecular formula is C14H16N2S. The first-order chi connectivity index (χ1) is 8.22. The molecule has 0 saturated carbocycles. The van der Waals surface area contributed by atoms with Crippen LogP contribution < -0.4 is 0 Å². The number of hydrogen-bond donors (Lipinski definition) is 0. The zero-order valence-electron chi connectivity index (χ0n) is 10.2. The Morgan fingerprint density at radius 1 is 1.35 bits per heavy atom. The maximum absolute atomic E-state index is 4.54. The number of aryl methyl sites for hydroxylation is 2. The highest BCUT2D eigenvalue weighted by Crippen LogP contribution is 2.37. The van der Waals surface area contributed by atoms with E-state index in [4.69, 9.17) is 0 Å². The molecule has 0 fully saturated rings. The standard InChI is InChI=1S/C14H16N2S/c1-10-7-11(2)16(15-10)9-13-8-12-5-3-4-6-14(12)17-13/h3-7,13H,8-9H2,1-2H3. The monoisotopic (exact) mass is 244 g/mol. The van der Waals surface area contributed by atoms with Crippen molar-refractivity contribution in [2.45, 2.75) is 37.0 Å². The van der Waals surface area contributed by atoms with Crippen molar-refractivity contribution in [1.29, 1.82) is 0 Å². The minimum absolute atomic E-state index is 0.630. The lowest BCUT2D eigenvalue weighted by molar-refractivity contribution is 0.577. The lowest BCUT2D eigenvalue weighted by atomic mass is 10.1. The van der Waals surface area contributed by atoms with Gasteiger partial charge in [-0.15, -0.1) is 11.8 Å². The fourth-order valence-corrected chi connectivity index (χ4v) is 3.71. The molecule has 2 nitrogen and oxygen atoms in total. The van der Waals surface area contributed by atoms with Gasteiger partial charge in [-0.1, -0.05) is 18.2 Å². The predicted octanol–water partition coefficient (Wildman–Crippen LogP) is 3.22. The van der Waals surface area contributed by atoms with Gasteiger partial charge in [-0.3, -0.25) is 4.68 Å². The molecule has 17 heavy (non-hydrogen) atoms. The third kappa shape index (κ3) is 2.12. The molecule has 0 amide bonds. The number of nitrogens with zero attached hydrogens (tertiary/aromatic N) is 2. The van der Waals surface area contributed by atoms with E-state index in [1.807, 2.05) is 11.8 Å². The van der Waals surface area contributed by atoms with Crippen LogP contribution in [0.1, 0.15) is 17.0 Å². The molecule has 1 aliphatic heterocycles. The highest BCUT2D eigenvalue weighted by atomic mass is 32.2. The Bertz CT molecular complexity index is 520. The smallest absolute Gasteiger partial charge is 0.0596 e. The van der Waals surface area contributed by atoms with E-state index in [0.717, 1.165) is 12.2 Å². The van der Waals surface area contributed by atoms with Gasteiger partial charge in [-0.2, -0.15) is 5.10 Å². The van der Waals surface area contributed by atoms with Crippen LogP contribution in [-0.2, 0) is 13.0 Å². The van der Waals surface area contributed by atoms with Crippen LogP contribution in [0.25, 0.3) is 0 Å². The number of thioether (sulfide) groups is 1. The Balaban J connectivity index is 1.76. The van der Waals surface area contributed by atoms with Crippen LogP contribution in [0.4, 0.5) is 0 Å². The number of aromatic nitrogens is 2. The first-order valence-corrected chi connectivity index (χ1v) is 6.86. The minimum Gasteiger partial charge on any atom is -0.268 e. The molecule has 2 aromatic rings. The van der Waals surface area contributed by atoms with Gasteiger partial charge < -0.3 is 0 Å². The van der Waals surface area contributed by atoms with Gasteiger partial charge in [0.05, 0.1) is 12.2 Å². The highest BCUT2D eigenvalue weighted by Gasteiger charge is 2.22. The predicted molar refractivity (Wildman–Crippen MR) is 71.5 cm³/mol. The molecule has 1 aliphatic rings. The Kier molecular flexibility index (Phi) is 2.71. The molecule has 3 heteroatoms. The van der Waals surface area contributed by atoms with Crippen molar-refractivity contribution in [1.82, 2.24) is 9.78 Å². The molecule has 0 aliphatic carbocycles. The summed E-state index contributed by atoms with van der Waals surface area (Å²) in [6.45, 7) is 5.20. The van der Waals surface area contributed by atoms with Gasteiger partial charge in [-0.05, 0) is 38.0 Å². The molecule has 2 heterocycles. The summed E-state index contributed by atoms with van der Waals surface area (Å²) in [5.74, 6) is 0. The van der Waals surface area contributed by atoms with Crippen LogP contribution >= 0.6 is 11.8 Å². The second-order valence-electron chi connectivity index (χ2n) is 4.66. The van der Waals surface area contributed by atoms with Crippen molar-refractivity contribution >= 4 is 11.8 Å². The molecule has 1 aromatic carbocycles. The highest BCUT2D eigenvalue weighted by molar-refractivity contribution is 8.00. The quantitative estimate of drug-likeness (QED) is 0.807. The summed E-state index contributed by atoms with van der Waals surface area (Å²) in [6, 6.07) is 10.9. The molecule has 3 rings (SSSR count). The zero-order chi connectivity index (χ0) is 11.8. The molecule has 0 N–H and O–H groups in total. The number of rotatable bonds is 2. The van der Waals surface area contributed by atoms with Crippen molar-refractivity contribution in [3.8, 4) is 0 Å². The van der Waals surface area contributed by atoms with Gasteiger partial charge in [0.1, 0.15) is 0 Å².